The molecule has 0 radical (unpaired) electrons. The highest BCUT2D eigenvalue weighted by atomic mass is 32.2. The number of nitrogens with two attached hydrogens (primary N) is 1. The Hall–Kier alpha value is -1.75. The highest BCUT2D eigenvalue weighted by Crippen LogP contribution is 2.31. The number of ether oxygens (including phenoxy) is 1. The number of rotatable bonds is 6. The van der Waals surface area contributed by atoms with Crippen molar-refractivity contribution in [1.82, 2.24) is 4.72 Å². The Kier molecular flexibility index (Phi) is 4.73. The molecule has 1 aromatic rings. The maximum Gasteiger partial charge on any atom is 0.313 e. The average Bonchev–Trinajstić information content (AvgIpc) is 2.97. The number of hydrogen-bond donors (Lipinski definition) is 3. The minimum Gasteiger partial charge on any atom is -0.377 e. The van der Waals surface area contributed by atoms with Gasteiger partial charge in [0.2, 0.25) is 10.0 Å². The molecule has 1 aliphatic rings. The lowest BCUT2D eigenvalue weighted by atomic mass is 10.2. The molecule has 4 N–H and O–H groups in total. The quantitative estimate of drug-likeness (QED) is 0.391. The molecule has 1 unspecified atom stereocenters. The lowest BCUT2D eigenvalue weighted by Crippen LogP contribution is -2.32. The summed E-state index contributed by atoms with van der Waals surface area (Å²) in [7, 11) is -4.02. The Labute approximate surface area is 121 Å². The first-order valence-corrected chi connectivity index (χ1v) is 7.79. The molecule has 0 spiro atoms. The van der Waals surface area contributed by atoms with E-state index < -0.39 is 25.5 Å². The van der Waals surface area contributed by atoms with Crippen LogP contribution in [0.1, 0.15) is 12.8 Å². The first-order chi connectivity index (χ1) is 9.95. The summed E-state index contributed by atoms with van der Waals surface area (Å²) in [4.78, 5) is 9.89. The SMILES string of the molecule is NNc1cccc(S(=O)(=O)NCC2CCCO2)c1[N+](=O)[O-]. The summed E-state index contributed by atoms with van der Waals surface area (Å²) in [6.45, 7) is 0.679. The molecule has 1 fully saturated rings. The summed E-state index contributed by atoms with van der Waals surface area (Å²) < 4.78 is 32.1. The van der Waals surface area contributed by atoms with Crippen molar-refractivity contribution >= 4 is 21.4 Å². The topological polar surface area (TPSA) is 137 Å². The van der Waals surface area contributed by atoms with Crippen molar-refractivity contribution in [3.63, 3.8) is 0 Å². The van der Waals surface area contributed by atoms with E-state index in [2.05, 4.69) is 10.1 Å². The molecule has 1 atom stereocenters. The van der Waals surface area contributed by atoms with Gasteiger partial charge in [-0.1, -0.05) is 6.07 Å². The fourth-order valence-electron chi connectivity index (χ4n) is 2.13. The summed E-state index contributed by atoms with van der Waals surface area (Å²) >= 11 is 0. The summed E-state index contributed by atoms with van der Waals surface area (Å²) in [6, 6.07) is 3.87. The molecule has 0 amide bonds. The Morgan fingerprint density at radius 2 is 2.24 bits per heavy atom. The number of nitro groups is 1. The lowest BCUT2D eigenvalue weighted by molar-refractivity contribution is -0.386. The Morgan fingerprint density at radius 1 is 1.48 bits per heavy atom. The Balaban J connectivity index is 2.28. The van der Waals surface area contributed by atoms with E-state index in [0.29, 0.717) is 6.61 Å². The zero-order valence-corrected chi connectivity index (χ0v) is 11.9. The molecule has 0 aromatic heterocycles. The number of para-hydroxylation sites is 1. The normalized spacial score (nSPS) is 18.6. The van der Waals surface area contributed by atoms with Crippen LogP contribution in [-0.2, 0) is 14.8 Å². The largest absolute Gasteiger partial charge is 0.377 e. The van der Waals surface area contributed by atoms with Gasteiger partial charge in [0.15, 0.2) is 4.90 Å². The number of hydrogen-bond acceptors (Lipinski definition) is 7. The highest BCUT2D eigenvalue weighted by Gasteiger charge is 2.29. The number of anilines is 1. The fraction of sp³-hybridized carbons (Fsp3) is 0.455. The summed E-state index contributed by atoms with van der Waals surface area (Å²) in [5.74, 6) is 5.18. The summed E-state index contributed by atoms with van der Waals surface area (Å²) in [6.07, 6.45) is 1.43. The van der Waals surface area contributed by atoms with Gasteiger partial charge in [-0.25, -0.2) is 13.1 Å². The molecule has 1 heterocycles. The molecular weight excluding hydrogens is 300 g/mol. The predicted molar refractivity (Wildman–Crippen MR) is 75.1 cm³/mol. The summed E-state index contributed by atoms with van der Waals surface area (Å²) in [5.41, 5.74) is 1.48. The zero-order valence-electron chi connectivity index (χ0n) is 11.1. The first kappa shape index (κ1) is 15.6. The highest BCUT2D eigenvalue weighted by molar-refractivity contribution is 7.89. The van der Waals surface area contributed by atoms with Crippen LogP contribution in [0.4, 0.5) is 11.4 Å². The van der Waals surface area contributed by atoms with Gasteiger partial charge in [-0.05, 0) is 25.0 Å². The Bertz CT molecular complexity index is 628. The molecular formula is C11H16N4O5S. The van der Waals surface area contributed by atoms with Crippen LogP contribution in [0.2, 0.25) is 0 Å². The minimum absolute atomic E-state index is 0.0695. The van der Waals surface area contributed by atoms with Gasteiger partial charge in [-0.3, -0.25) is 16.0 Å². The minimum atomic E-state index is -4.02. The van der Waals surface area contributed by atoms with Crippen LogP contribution in [0.3, 0.4) is 0 Å². The number of benzene rings is 1. The van der Waals surface area contributed by atoms with Gasteiger partial charge in [0.1, 0.15) is 5.69 Å². The zero-order chi connectivity index (χ0) is 15.5. The molecule has 116 valence electrons. The maximum absolute atomic E-state index is 12.2. The monoisotopic (exact) mass is 316 g/mol. The second-order valence-electron chi connectivity index (χ2n) is 4.54. The van der Waals surface area contributed by atoms with Gasteiger partial charge < -0.3 is 10.2 Å². The van der Waals surface area contributed by atoms with E-state index in [1.54, 1.807) is 0 Å². The number of nitrogens with one attached hydrogen (secondary N) is 2. The summed E-state index contributed by atoms with van der Waals surface area (Å²) in [5, 5.41) is 11.1. The van der Waals surface area contributed by atoms with E-state index >= 15 is 0 Å². The van der Waals surface area contributed by atoms with Gasteiger partial charge in [-0.15, -0.1) is 0 Å². The van der Waals surface area contributed by atoms with Gasteiger partial charge in [0.05, 0.1) is 11.0 Å². The molecule has 1 saturated heterocycles. The van der Waals surface area contributed by atoms with Crippen LogP contribution >= 0.6 is 0 Å². The molecule has 2 rings (SSSR count). The standard InChI is InChI=1S/C11H16N4O5S/c12-14-9-4-1-5-10(11(9)15(16)17)21(18,19)13-7-8-3-2-6-20-8/h1,4-5,8,13-14H,2-3,6-7,12H2. The van der Waals surface area contributed by atoms with Crippen LogP contribution in [0, 0.1) is 10.1 Å². The molecule has 10 heteroatoms. The van der Waals surface area contributed by atoms with Crippen molar-refractivity contribution in [1.29, 1.82) is 0 Å². The molecule has 21 heavy (non-hydrogen) atoms. The van der Waals surface area contributed by atoms with Crippen molar-refractivity contribution in [2.24, 2.45) is 5.84 Å². The van der Waals surface area contributed by atoms with Crippen LogP contribution in [0.25, 0.3) is 0 Å². The van der Waals surface area contributed by atoms with Crippen LogP contribution in [0.15, 0.2) is 23.1 Å². The molecule has 0 aliphatic carbocycles. The van der Waals surface area contributed by atoms with E-state index in [4.69, 9.17) is 10.6 Å². The van der Waals surface area contributed by atoms with Gasteiger partial charge >= 0.3 is 5.69 Å². The van der Waals surface area contributed by atoms with E-state index in [1.165, 1.54) is 12.1 Å². The predicted octanol–water partition coefficient (Wildman–Crippen LogP) is 0.338. The average molecular weight is 316 g/mol. The van der Waals surface area contributed by atoms with Crippen molar-refractivity contribution in [3.8, 4) is 0 Å². The van der Waals surface area contributed by atoms with Crippen LogP contribution in [-0.4, -0.2) is 32.6 Å². The van der Waals surface area contributed by atoms with Crippen molar-refractivity contribution in [3.05, 3.63) is 28.3 Å². The number of nitrogens with zero attached hydrogens (tertiary/aromatic N) is 1. The number of sulfonamides is 1. The van der Waals surface area contributed by atoms with E-state index in [9.17, 15) is 18.5 Å². The van der Waals surface area contributed by atoms with E-state index in [0.717, 1.165) is 18.9 Å². The van der Waals surface area contributed by atoms with Crippen molar-refractivity contribution < 1.29 is 18.1 Å². The second-order valence-corrected chi connectivity index (χ2v) is 6.28. The van der Waals surface area contributed by atoms with Crippen LogP contribution < -0.4 is 16.0 Å². The molecule has 1 aliphatic heterocycles. The number of nitrogen functional groups attached to an aromatic ring is 1. The molecule has 9 nitrogen and oxygen atoms in total. The third-order valence-electron chi connectivity index (χ3n) is 3.15. The molecule has 0 bridgehead atoms. The Morgan fingerprint density at radius 3 is 2.81 bits per heavy atom. The third-order valence-corrected chi connectivity index (χ3v) is 4.61. The van der Waals surface area contributed by atoms with Gasteiger partial charge in [0, 0.05) is 13.2 Å². The molecule has 1 aromatic carbocycles. The van der Waals surface area contributed by atoms with Crippen LogP contribution in [0.5, 0.6) is 0 Å². The first-order valence-electron chi connectivity index (χ1n) is 6.31. The van der Waals surface area contributed by atoms with Gasteiger partial charge in [-0.2, -0.15) is 0 Å². The number of nitro benzene ring substituents is 1. The maximum atomic E-state index is 12.2. The van der Waals surface area contributed by atoms with Crippen molar-refractivity contribution in [2.75, 3.05) is 18.6 Å². The van der Waals surface area contributed by atoms with Gasteiger partial charge in [0.25, 0.3) is 0 Å². The lowest BCUT2D eigenvalue weighted by Gasteiger charge is -2.12. The fourth-order valence-corrected chi connectivity index (χ4v) is 3.39. The molecule has 0 saturated carbocycles. The number of hydrazine groups is 1. The second kappa shape index (κ2) is 6.35. The van der Waals surface area contributed by atoms with E-state index in [-0.39, 0.29) is 18.3 Å². The third kappa shape index (κ3) is 3.47. The smallest absolute Gasteiger partial charge is 0.313 e. The van der Waals surface area contributed by atoms with E-state index in [1.807, 2.05) is 0 Å². The van der Waals surface area contributed by atoms with Crippen molar-refractivity contribution in [2.45, 2.75) is 23.8 Å².